The van der Waals surface area contributed by atoms with Crippen molar-refractivity contribution in [2.24, 2.45) is 0 Å². The molecule has 1 amide bonds. The molecule has 1 N–H and O–H groups in total. The van der Waals surface area contributed by atoms with Crippen LogP contribution in [0.5, 0.6) is 0 Å². The van der Waals surface area contributed by atoms with Crippen LogP contribution in [-0.2, 0) is 11.3 Å². The van der Waals surface area contributed by atoms with E-state index in [4.69, 9.17) is 11.6 Å². The van der Waals surface area contributed by atoms with Crippen molar-refractivity contribution >= 4 is 40.2 Å². The molecule has 1 heterocycles. The second kappa shape index (κ2) is 7.93. The van der Waals surface area contributed by atoms with Gasteiger partial charge < -0.3 is 9.88 Å². The van der Waals surface area contributed by atoms with Gasteiger partial charge in [0, 0.05) is 17.0 Å². The first kappa shape index (κ1) is 18.5. The van der Waals surface area contributed by atoms with Gasteiger partial charge in [-0.25, -0.2) is 4.98 Å². The number of aromatic nitrogens is 2. The van der Waals surface area contributed by atoms with E-state index < -0.39 is 0 Å². The number of fused-ring (bicyclic) bond motifs is 1. The fourth-order valence-electron chi connectivity index (χ4n) is 2.59. The summed E-state index contributed by atoms with van der Waals surface area (Å²) in [6, 6.07) is 14.5. The molecule has 1 atom stereocenters. The Labute approximate surface area is 160 Å². The van der Waals surface area contributed by atoms with E-state index in [1.807, 2.05) is 25.1 Å². The molecule has 0 saturated heterocycles. The zero-order valence-electron chi connectivity index (χ0n) is 14.4. The molecule has 0 fully saturated rings. The molecule has 0 spiro atoms. The van der Waals surface area contributed by atoms with Crippen molar-refractivity contribution in [2.75, 3.05) is 7.05 Å². The standard InChI is InChI=1S/C19H18ClN3O2S/c1-12(26-14-9-7-13(20)8-10-14)19(25)23(2)11-17-21-16-6-4-3-5-15(16)18(24)22-17/h3-10,12H,11H2,1-2H3,(H,21,22,24). The summed E-state index contributed by atoms with van der Waals surface area (Å²) in [6.07, 6.45) is 0. The van der Waals surface area contributed by atoms with Gasteiger partial charge in [0.25, 0.3) is 5.56 Å². The van der Waals surface area contributed by atoms with Gasteiger partial charge >= 0.3 is 0 Å². The number of benzene rings is 2. The maximum atomic E-state index is 12.6. The first-order valence-corrected chi connectivity index (χ1v) is 9.35. The third-order valence-corrected chi connectivity index (χ3v) is 5.25. The molecule has 1 unspecified atom stereocenters. The molecule has 1 aromatic heterocycles. The van der Waals surface area contributed by atoms with Crippen molar-refractivity contribution in [3.63, 3.8) is 0 Å². The van der Waals surface area contributed by atoms with Crippen LogP contribution in [0.4, 0.5) is 0 Å². The molecule has 26 heavy (non-hydrogen) atoms. The fourth-order valence-corrected chi connectivity index (χ4v) is 3.70. The first-order chi connectivity index (χ1) is 12.4. The Morgan fingerprint density at radius 3 is 2.65 bits per heavy atom. The molecular weight excluding hydrogens is 370 g/mol. The average Bonchev–Trinajstić information content (AvgIpc) is 2.63. The number of rotatable bonds is 5. The largest absolute Gasteiger partial charge is 0.337 e. The van der Waals surface area contributed by atoms with Crippen LogP contribution in [0.1, 0.15) is 12.7 Å². The highest BCUT2D eigenvalue weighted by molar-refractivity contribution is 8.00. The van der Waals surface area contributed by atoms with Crippen LogP contribution < -0.4 is 5.56 Å². The smallest absolute Gasteiger partial charge is 0.258 e. The predicted molar refractivity (Wildman–Crippen MR) is 106 cm³/mol. The predicted octanol–water partition coefficient (Wildman–Crippen LogP) is 3.72. The monoisotopic (exact) mass is 387 g/mol. The second-order valence-electron chi connectivity index (χ2n) is 5.94. The van der Waals surface area contributed by atoms with Crippen molar-refractivity contribution in [1.82, 2.24) is 14.9 Å². The number of amides is 1. The zero-order valence-corrected chi connectivity index (χ0v) is 16.0. The van der Waals surface area contributed by atoms with E-state index in [-0.39, 0.29) is 23.3 Å². The lowest BCUT2D eigenvalue weighted by atomic mass is 10.2. The van der Waals surface area contributed by atoms with Crippen molar-refractivity contribution in [3.8, 4) is 0 Å². The number of hydrogen-bond acceptors (Lipinski definition) is 4. The molecule has 2 aromatic carbocycles. The average molecular weight is 388 g/mol. The van der Waals surface area contributed by atoms with Gasteiger partial charge in [-0.1, -0.05) is 23.7 Å². The van der Waals surface area contributed by atoms with Crippen molar-refractivity contribution in [2.45, 2.75) is 23.6 Å². The van der Waals surface area contributed by atoms with Gasteiger partial charge in [0.1, 0.15) is 5.82 Å². The van der Waals surface area contributed by atoms with Crippen LogP contribution in [-0.4, -0.2) is 33.1 Å². The SMILES string of the molecule is CC(Sc1ccc(Cl)cc1)C(=O)N(C)Cc1nc2ccccc2c(=O)[nH]1. The van der Waals surface area contributed by atoms with Gasteiger partial charge in [-0.15, -0.1) is 11.8 Å². The lowest BCUT2D eigenvalue weighted by molar-refractivity contribution is -0.129. The molecule has 134 valence electrons. The number of hydrogen-bond donors (Lipinski definition) is 1. The summed E-state index contributed by atoms with van der Waals surface area (Å²) in [5, 5.41) is 0.932. The molecule has 0 aliphatic heterocycles. The maximum absolute atomic E-state index is 12.6. The third kappa shape index (κ3) is 4.26. The van der Waals surface area contributed by atoms with Gasteiger partial charge in [-0.05, 0) is 43.3 Å². The van der Waals surface area contributed by atoms with E-state index in [1.165, 1.54) is 11.8 Å². The number of thioether (sulfide) groups is 1. The molecule has 0 aliphatic carbocycles. The van der Waals surface area contributed by atoms with E-state index in [1.54, 1.807) is 42.3 Å². The lowest BCUT2D eigenvalue weighted by Crippen LogP contribution is -2.33. The van der Waals surface area contributed by atoms with Crippen molar-refractivity contribution < 1.29 is 4.79 Å². The van der Waals surface area contributed by atoms with E-state index in [9.17, 15) is 9.59 Å². The Kier molecular flexibility index (Phi) is 5.64. The van der Waals surface area contributed by atoms with Crippen LogP contribution in [0.25, 0.3) is 10.9 Å². The Morgan fingerprint density at radius 2 is 1.92 bits per heavy atom. The minimum absolute atomic E-state index is 0.0410. The maximum Gasteiger partial charge on any atom is 0.258 e. The molecule has 3 rings (SSSR count). The molecule has 0 aliphatic rings. The number of carbonyl (C=O) groups excluding carboxylic acids is 1. The summed E-state index contributed by atoms with van der Waals surface area (Å²) in [5.74, 6) is 0.425. The number of aromatic amines is 1. The Bertz CT molecular complexity index is 988. The highest BCUT2D eigenvalue weighted by Gasteiger charge is 2.19. The molecule has 5 nitrogen and oxygen atoms in total. The van der Waals surface area contributed by atoms with E-state index in [0.717, 1.165) is 4.90 Å². The normalized spacial score (nSPS) is 12.1. The fraction of sp³-hybridized carbons (Fsp3) is 0.211. The summed E-state index contributed by atoms with van der Waals surface area (Å²) < 4.78 is 0. The van der Waals surface area contributed by atoms with Gasteiger partial charge in [-0.3, -0.25) is 9.59 Å². The second-order valence-corrected chi connectivity index (χ2v) is 7.79. The summed E-state index contributed by atoms with van der Waals surface area (Å²) in [4.78, 5) is 34.5. The molecule has 0 radical (unpaired) electrons. The number of para-hydroxylation sites is 1. The van der Waals surface area contributed by atoms with E-state index >= 15 is 0 Å². The molecule has 7 heteroatoms. The minimum atomic E-state index is -0.270. The number of nitrogens with zero attached hydrogens (tertiary/aromatic N) is 2. The summed E-state index contributed by atoms with van der Waals surface area (Å²) in [5.41, 5.74) is 0.422. The quantitative estimate of drug-likeness (QED) is 0.677. The van der Waals surface area contributed by atoms with Gasteiger partial charge in [0.15, 0.2) is 0 Å². The number of carbonyl (C=O) groups is 1. The highest BCUT2D eigenvalue weighted by atomic mass is 35.5. The van der Waals surface area contributed by atoms with Crippen LogP contribution in [0.15, 0.2) is 58.2 Å². The Balaban J connectivity index is 1.70. The lowest BCUT2D eigenvalue weighted by Gasteiger charge is -2.20. The van der Waals surface area contributed by atoms with Gasteiger partial charge in [0.05, 0.1) is 22.7 Å². The van der Waals surface area contributed by atoms with E-state index in [0.29, 0.717) is 21.7 Å². The highest BCUT2D eigenvalue weighted by Crippen LogP contribution is 2.25. The van der Waals surface area contributed by atoms with Crippen LogP contribution in [0.2, 0.25) is 5.02 Å². The molecular formula is C19H18ClN3O2S. The van der Waals surface area contributed by atoms with E-state index in [2.05, 4.69) is 9.97 Å². The van der Waals surface area contributed by atoms with Crippen LogP contribution in [0, 0.1) is 0 Å². The first-order valence-electron chi connectivity index (χ1n) is 8.09. The summed E-state index contributed by atoms with van der Waals surface area (Å²) >= 11 is 7.35. The molecule has 3 aromatic rings. The molecule has 0 bridgehead atoms. The van der Waals surface area contributed by atoms with Crippen LogP contribution in [0.3, 0.4) is 0 Å². The topological polar surface area (TPSA) is 66.1 Å². The van der Waals surface area contributed by atoms with Crippen LogP contribution >= 0.6 is 23.4 Å². The zero-order chi connectivity index (χ0) is 18.7. The number of nitrogens with one attached hydrogen (secondary N) is 1. The van der Waals surface area contributed by atoms with Crippen molar-refractivity contribution in [1.29, 1.82) is 0 Å². The number of halogens is 1. The minimum Gasteiger partial charge on any atom is -0.337 e. The third-order valence-electron chi connectivity index (χ3n) is 3.90. The van der Waals surface area contributed by atoms with Gasteiger partial charge in [-0.2, -0.15) is 0 Å². The summed E-state index contributed by atoms with van der Waals surface area (Å²) in [6.45, 7) is 2.10. The van der Waals surface area contributed by atoms with Crippen molar-refractivity contribution in [3.05, 3.63) is 69.7 Å². The Morgan fingerprint density at radius 1 is 1.23 bits per heavy atom. The molecule has 0 saturated carbocycles. The number of H-pyrrole nitrogens is 1. The van der Waals surface area contributed by atoms with Gasteiger partial charge in [0.2, 0.25) is 5.91 Å². The summed E-state index contributed by atoms with van der Waals surface area (Å²) in [7, 11) is 1.70. The Hall–Kier alpha value is -2.31.